The van der Waals surface area contributed by atoms with Crippen LogP contribution in [0.1, 0.15) is 24.6 Å². The van der Waals surface area contributed by atoms with Crippen molar-refractivity contribution in [3.8, 4) is 0 Å². The minimum absolute atomic E-state index is 0.0240. The van der Waals surface area contributed by atoms with Gasteiger partial charge in [-0.2, -0.15) is 13.2 Å². The lowest BCUT2D eigenvalue weighted by molar-refractivity contribution is -0.134. The third-order valence-corrected chi connectivity index (χ3v) is 4.59. The number of thiazole rings is 1. The van der Waals surface area contributed by atoms with Crippen molar-refractivity contribution in [1.29, 1.82) is 0 Å². The van der Waals surface area contributed by atoms with Crippen molar-refractivity contribution in [2.24, 2.45) is 0 Å². The predicted molar refractivity (Wildman–Crippen MR) is 81.6 cm³/mol. The van der Waals surface area contributed by atoms with Crippen LogP contribution in [-0.2, 0) is 15.7 Å². The molecule has 0 saturated carbocycles. The van der Waals surface area contributed by atoms with E-state index in [0.29, 0.717) is 62.3 Å². The molecule has 9 heteroatoms. The lowest BCUT2D eigenvalue weighted by Crippen LogP contribution is -2.49. The molecule has 0 aliphatic carbocycles. The summed E-state index contributed by atoms with van der Waals surface area (Å²) < 4.78 is 43.1. The van der Waals surface area contributed by atoms with Crippen molar-refractivity contribution in [3.63, 3.8) is 0 Å². The molecule has 2 rings (SSSR count). The molecule has 1 aromatic heterocycles. The van der Waals surface area contributed by atoms with Gasteiger partial charge in [0.2, 0.25) is 5.91 Å². The lowest BCUT2D eigenvalue weighted by atomic mass is 10.3. The number of anilines is 1. The molecule has 0 bridgehead atoms. The average molecular weight is 351 g/mol. The summed E-state index contributed by atoms with van der Waals surface area (Å²) in [6.45, 7) is 5.03. The van der Waals surface area contributed by atoms with E-state index in [9.17, 15) is 18.0 Å². The zero-order valence-electron chi connectivity index (χ0n) is 12.9. The molecule has 1 fully saturated rings. The molecule has 1 amide bonds. The van der Waals surface area contributed by atoms with Crippen LogP contribution < -0.4 is 4.90 Å². The quantitative estimate of drug-likeness (QED) is 0.739. The van der Waals surface area contributed by atoms with Gasteiger partial charge in [-0.1, -0.05) is 18.3 Å². The number of piperazine rings is 1. The van der Waals surface area contributed by atoms with Crippen LogP contribution in [0, 0.1) is 0 Å². The molecule has 0 radical (unpaired) electrons. The maximum atomic E-state index is 12.6. The van der Waals surface area contributed by atoms with E-state index >= 15 is 0 Å². The predicted octanol–water partition coefficient (Wildman–Crippen LogP) is 2.63. The van der Waals surface area contributed by atoms with Gasteiger partial charge in [-0.25, -0.2) is 4.98 Å². The van der Waals surface area contributed by atoms with Gasteiger partial charge in [0.25, 0.3) is 0 Å². The SMILES string of the molecule is CCCOCCC(=O)N1CCN(c2ncc(C(F)(F)F)s2)CC1. The summed E-state index contributed by atoms with van der Waals surface area (Å²) in [6.07, 6.45) is -2.23. The van der Waals surface area contributed by atoms with Gasteiger partial charge >= 0.3 is 6.18 Å². The van der Waals surface area contributed by atoms with Crippen LogP contribution in [0.5, 0.6) is 0 Å². The summed E-state index contributed by atoms with van der Waals surface area (Å²) in [4.78, 5) is 18.7. The molecule has 130 valence electrons. The number of carbonyl (C=O) groups excluding carboxylic acids is 1. The molecule has 23 heavy (non-hydrogen) atoms. The Bertz CT molecular complexity index is 514. The van der Waals surface area contributed by atoms with E-state index in [-0.39, 0.29) is 5.91 Å². The van der Waals surface area contributed by atoms with Gasteiger partial charge in [-0.3, -0.25) is 4.79 Å². The van der Waals surface area contributed by atoms with Crippen molar-refractivity contribution in [3.05, 3.63) is 11.1 Å². The number of amides is 1. The third kappa shape index (κ3) is 5.07. The second-order valence-corrected chi connectivity index (χ2v) is 6.24. The molecule has 0 atom stereocenters. The number of alkyl halides is 3. The van der Waals surface area contributed by atoms with E-state index in [1.807, 2.05) is 6.92 Å². The fraction of sp³-hybridized carbons (Fsp3) is 0.714. The monoisotopic (exact) mass is 351 g/mol. The van der Waals surface area contributed by atoms with Gasteiger partial charge in [0.05, 0.1) is 19.2 Å². The number of nitrogens with zero attached hydrogens (tertiary/aromatic N) is 3. The Hall–Kier alpha value is -1.35. The zero-order chi connectivity index (χ0) is 16.9. The fourth-order valence-electron chi connectivity index (χ4n) is 2.25. The van der Waals surface area contributed by atoms with E-state index in [1.165, 1.54) is 0 Å². The van der Waals surface area contributed by atoms with Gasteiger partial charge in [0.1, 0.15) is 4.88 Å². The zero-order valence-corrected chi connectivity index (χ0v) is 13.8. The molecule has 1 saturated heterocycles. The van der Waals surface area contributed by atoms with Gasteiger partial charge in [-0.05, 0) is 6.42 Å². The first-order chi connectivity index (χ1) is 10.9. The van der Waals surface area contributed by atoms with Crippen molar-refractivity contribution in [2.45, 2.75) is 25.9 Å². The molecule has 0 N–H and O–H groups in total. The maximum absolute atomic E-state index is 12.6. The lowest BCUT2D eigenvalue weighted by Gasteiger charge is -2.34. The minimum atomic E-state index is -4.35. The molecular formula is C14H20F3N3O2S. The second-order valence-electron chi connectivity index (χ2n) is 5.24. The first-order valence-electron chi connectivity index (χ1n) is 7.55. The normalized spacial score (nSPS) is 16.0. The second kappa shape index (κ2) is 7.96. The summed E-state index contributed by atoms with van der Waals surface area (Å²) >= 11 is 0.642. The third-order valence-electron chi connectivity index (χ3n) is 3.48. The number of aromatic nitrogens is 1. The highest BCUT2D eigenvalue weighted by molar-refractivity contribution is 7.15. The summed E-state index contributed by atoms with van der Waals surface area (Å²) in [6, 6.07) is 0. The molecule has 2 heterocycles. The highest BCUT2D eigenvalue weighted by atomic mass is 32.1. The Balaban J connectivity index is 1.79. The van der Waals surface area contributed by atoms with Crippen LogP contribution in [0.15, 0.2) is 6.20 Å². The number of hydrogen-bond acceptors (Lipinski definition) is 5. The van der Waals surface area contributed by atoms with E-state index < -0.39 is 11.1 Å². The van der Waals surface area contributed by atoms with Crippen molar-refractivity contribution >= 4 is 22.4 Å². The van der Waals surface area contributed by atoms with Gasteiger partial charge < -0.3 is 14.5 Å². The number of carbonyl (C=O) groups is 1. The molecule has 0 spiro atoms. The van der Waals surface area contributed by atoms with Crippen molar-refractivity contribution in [2.75, 3.05) is 44.3 Å². The van der Waals surface area contributed by atoms with Crippen LogP contribution in [0.4, 0.5) is 18.3 Å². The Morgan fingerprint density at radius 3 is 2.57 bits per heavy atom. The summed E-state index contributed by atoms with van der Waals surface area (Å²) in [7, 11) is 0. The molecular weight excluding hydrogens is 331 g/mol. The average Bonchev–Trinajstić information content (AvgIpc) is 3.02. The smallest absolute Gasteiger partial charge is 0.381 e. The molecule has 1 aliphatic heterocycles. The molecule has 5 nitrogen and oxygen atoms in total. The largest absolute Gasteiger partial charge is 0.427 e. The number of ether oxygens (including phenoxy) is 1. The van der Waals surface area contributed by atoms with Crippen molar-refractivity contribution in [1.82, 2.24) is 9.88 Å². The van der Waals surface area contributed by atoms with Crippen molar-refractivity contribution < 1.29 is 22.7 Å². The molecule has 1 aromatic rings. The van der Waals surface area contributed by atoms with E-state index in [4.69, 9.17) is 4.74 Å². The number of halogens is 3. The molecule has 1 aliphatic rings. The highest BCUT2D eigenvalue weighted by Crippen LogP contribution is 2.36. The first-order valence-corrected chi connectivity index (χ1v) is 8.37. The topological polar surface area (TPSA) is 45.7 Å². The van der Waals surface area contributed by atoms with E-state index in [2.05, 4.69) is 4.98 Å². The Morgan fingerprint density at radius 2 is 2.00 bits per heavy atom. The summed E-state index contributed by atoms with van der Waals surface area (Å²) in [5, 5.41) is 0.357. The van der Waals surface area contributed by atoms with E-state index in [1.54, 1.807) is 9.80 Å². The van der Waals surface area contributed by atoms with Crippen LogP contribution >= 0.6 is 11.3 Å². The Kier molecular flexibility index (Phi) is 6.23. The van der Waals surface area contributed by atoms with Crippen LogP contribution in [-0.4, -0.2) is 55.2 Å². The molecule has 0 aromatic carbocycles. The number of hydrogen-bond donors (Lipinski definition) is 0. The standard InChI is InChI=1S/C14H20F3N3O2S/c1-2-8-22-9-3-12(21)19-4-6-20(7-5-19)13-18-10-11(23-13)14(15,16)17/h10H,2-9H2,1H3. The number of rotatable bonds is 6. The minimum Gasteiger partial charge on any atom is -0.381 e. The highest BCUT2D eigenvalue weighted by Gasteiger charge is 2.34. The Morgan fingerprint density at radius 1 is 1.30 bits per heavy atom. The van der Waals surface area contributed by atoms with Gasteiger partial charge in [-0.15, -0.1) is 0 Å². The molecule has 0 unspecified atom stereocenters. The van der Waals surface area contributed by atoms with Crippen LogP contribution in [0.3, 0.4) is 0 Å². The van der Waals surface area contributed by atoms with E-state index in [0.717, 1.165) is 12.6 Å². The van der Waals surface area contributed by atoms with Crippen LogP contribution in [0.2, 0.25) is 0 Å². The van der Waals surface area contributed by atoms with Gasteiger partial charge in [0.15, 0.2) is 5.13 Å². The summed E-state index contributed by atoms with van der Waals surface area (Å²) in [5.74, 6) is 0.0240. The Labute approximate surface area is 137 Å². The van der Waals surface area contributed by atoms with Crippen LogP contribution in [0.25, 0.3) is 0 Å². The fourth-order valence-corrected chi connectivity index (χ4v) is 3.09. The maximum Gasteiger partial charge on any atom is 0.427 e. The van der Waals surface area contributed by atoms with Gasteiger partial charge in [0, 0.05) is 32.8 Å². The summed E-state index contributed by atoms with van der Waals surface area (Å²) in [5.41, 5.74) is 0. The first kappa shape index (κ1) is 18.0.